The van der Waals surface area contributed by atoms with Crippen molar-refractivity contribution in [2.75, 3.05) is 11.3 Å². The van der Waals surface area contributed by atoms with Gasteiger partial charge in [0.1, 0.15) is 9.90 Å². The molecule has 10 heteroatoms. The largest absolute Gasteiger partial charge is 0.329 e. The molecule has 0 spiro atoms. The average Bonchev–Trinajstić information content (AvgIpc) is 2.84. The lowest BCUT2D eigenvalue weighted by Gasteiger charge is -2.05. The number of sulfonamides is 1. The summed E-state index contributed by atoms with van der Waals surface area (Å²) in [5.41, 5.74) is 6.47. The van der Waals surface area contributed by atoms with Crippen molar-refractivity contribution in [3.05, 3.63) is 16.4 Å². The van der Waals surface area contributed by atoms with Crippen LogP contribution in [0.5, 0.6) is 0 Å². The summed E-state index contributed by atoms with van der Waals surface area (Å²) in [6, 6.07) is 0. The molecular formula is C10H16N6O2S2. The Labute approximate surface area is 121 Å². The molecule has 0 aromatic carbocycles. The third kappa shape index (κ3) is 2.81. The first-order valence-electron chi connectivity index (χ1n) is 5.92. The van der Waals surface area contributed by atoms with Crippen LogP contribution in [0.15, 0.2) is 4.90 Å². The highest BCUT2D eigenvalue weighted by atomic mass is 32.2. The van der Waals surface area contributed by atoms with Gasteiger partial charge in [0, 0.05) is 6.54 Å². The van der Waals surface area contributed by atoms with Crippen LogP contribution in [0.25, 0.3) is 0 Å². The predicted octanol–water partition coefficient (Wildman–Crippen LogP) is 0.419. The molecular weight excluding hydrogens is 300 g/mol. The fraction of sp³-hybridized carbons (Fsp3) is 0.500. The molecule has 2 aromatic rings. The van der Waals surface area contributed by atoms with Gasteiger partial charge in [-0.3, -0.25) is 9.40 Å². The Balaban J connectivity index is 2.39. The minimum Gasteiger partial charge on any atom is -0.329 e. The summed E-state index contributed by atoms with van der Waals surface area (Å²) < 4.78 is 28.8. The number of anilines is 1. The van der Waals surface area contributed by atoms with Gasteiger partial charge in [0.2, 0.25) is 5.13 Å². The van der Waals surface area contributed by atoms with Crippen molar-refractivity contribution in [2.24, 2.45) is 5.73 Å². The van der Waals surface area contributed by atoms with Crippen LogP contribution in [0, 0.1) is 20.8 Å². The van der Waals surface area contributed by atoms with Crippen LogP contribution in [0.1, 0.15) is 16.4 Å². The zero-order chi connectivity index (χ0) is 14.9. The zero-order valence-electron chi connectivity index (χ0n) is 11.4. The molecule has 0 atom stereocenters. The Morgan fingerprint density at radius 3 is 2.55 bits per heavy atom. The van der Waals surface area contributed by atoms with Gasteiger partial charge in [0.15, 0.2) is 0 Å². The van der Waals surface area contributed by atoms with Crippen LogP contribution >= 0.6 is 11.3 Å². The van der Waals surface area contributed by atoms with Crippen molar-refractivity contribution >= 4 is 26.5 Å². The second-order valence-corrected chi connectivity index (χ2v) is 7.04. The van der Waals surface area contributed by atoms with Gasteiger partial charge in [0.25, 0.3) is 10.0 Å². The van der Waals surface area contributed by atoms with E-state index >= 15 is 0 Å². The van der Waals surface area contributed by atoms with Gasteiger partial charge in [0.05, 0.1) is 17.9 Å². The highest BCUT2D eigenvalue weighted by Crippen LogP contribution is 2.24. The molecule has 110 valence electrons. The maximum atomic E-state index is 12.4. The van der Waals surface area contributed by atoms with E-state index in [9.17, 15) is 8.42 Å². The number of aromatic nitrogens is 4. The predicted molar refractivity (Wildman–Crippen MR) is 76.2 cm³/mol. The van der Waals surface area contributed by atoms with Crippen LogP contribution in [0.4, 0.5) is 5.13 Å². The van der Waals surface area contributed by atoms with Gasteiger partial charge in [-0.2, -0.15) is 5.10 Å². The third-order valence-electron chi connectivity index (χ3n) is 2.67. The van der Waals surface area contributed by atoms with Crippen LogP contribution < -0.4 is 10.5 Å². The van der Waals surface area contributed by atoms with E-state index in [0.29, 0.717) is 29.5 Å². The Morgan fingerprint density at radius 2 is 2.00 bits per heavy atom. The number of aryl methyl sites for hydroxylation is 2. The monoisotopic (exact) mass is 316 g/mol. The van der Waals surface area contributed by atoms with Gasteiger partial charge >= 0.3 is 0 Å². The highest BCUT2D eigenvalue weighted by molar-refractivity contribution is 7.93. The third-order valence-corrected chi connectivity index (χ3v) is 5.15. The van der Waals surface area contributed by atoms with E-state index in [4.69, 9.17) is 5.73 Å². The summed E-state index contributed by atoms with van der Waals surface area (Å²) >= 11 is 1.18. The summed E-state index contributed by atoms with van der Waals surface area (Å²) in [4.78, 5) is 0.166. The first-order valence-corrected chi connectivity index (χ1v) is 8.22. The Kier molecular flexibility index (Phi) is 4.06. The highest BCUT2D eigenvalue weighted by Gasteiger charge is 2.25. The molecule has 0 bridgehead atoms. The number of hydrogen-bond donors (Lipinski definition) is 2. The lowest BCUT2D eigenvalue weighted by atomic mass is 10.4. The number of nitrogens with zero attached hydrogens (tertiary/aromatic N) is 4. The van der Waals surface area contributed by atoms with Crippen LogP contribution in [-0.2, 0) is 16.6 Å². The molecule has 0 fully saturated rings. The number of nitrogens with one attached hydrogen (secondary N) is 1. The molecule has 2 aromatic heterocycles. The molecule has 0 radical (unpaired) electrons. The van der Waals surface area contributed by atoms with Crippen LogP contribution in [0.3, 0.4) is 0 Å². The molecule has 0 aliphatic rings. The van der Waals surface area contributed by atoms with Gasteiger partial charge in [-0.25, -0.2) is 8.42 Å². The van der Waals surface area contributed by atoms with Crippen molar-refractivity contribution in [3.8, 4) is 0 Å². The first kappa shape index (κ1) is 14.9. The molecule has 3 N–H and O–H groups in total. The van der Waals surface area contributed by atoms with E-state index in [1.807, 2.05) is 0 Å². The topological polar surface area (TPSA) is 116 Å². The molecule has 20 heavy (non-hydrogen) atoms. The number of rotatable bonds is 5. The van der Waals surface area contributed by atoms with E-state index in [-0.39, 0.29) is 10.0 Å². The first-order chi connectivity index (χ1) is 9.35. The minimum atomic E-state index is -3.73. The quantitative estimate of drug-likeness (QED) is 0.826. The molecule has 2 heterocycles. The molecule has 8 nitrogen and oxygen atoms in total. The van der Waals surface area contributed by atoms with Gasteiger partial charge in [-0.05, 0) is 20.8 Å². The van der Waals surface area contributed by atoms with Gasteiger partial charge in [-0.1, -0.05) is 11.3 Å². The fourth-order valence-corrected chi connectivity index (χ4v) is 4.15. The molecule has 0 saturated carbocycles. The molecule has 0 aliphatic carbocycles. The van der Waals surface area contributed by atoms with Gasteiger partial charge in [-0.15, -0.1) is 10.2 Å². The lowest BCUT2D eigenvalue weighted by Crippen LogP contribution is -2.16. The average molecular weight is 316 g/mol. The Morgan fingerprint density at radius 1 is 1.30 bits per heavy atom. The van der Waals surface area contributed by atoms with Crippen molar-refractivity contribution < 1.29 is 8.42 Å². The van der Waals surface area contributed by atoms with E-state index in [2.05, 4.69) is 20.0 Å². The van der Waals surface area contributed by atoms with Crippen molar-refractivity contribution in [2.45, 2.75) is 32.2 Å². The molecule has 0 amide bonds. The molecule has 0 saturated heterocycles. The van der Waals surface area contributed by atoms with E-state index in [0.717, 1.165) is 0 Å². The summed E-state index contributed by atoms with van der Waals surface area (Å²) in [5.74, 6) is 0. The SMILES string of the molecule is Cc1nnc(NS(=O)(=O)c2c(C)nn(CCN)c2C)s1. The lowest BCUT2D eigenvalue weighted by molar-refractivity contribution is 0.593. The summed E-state index contributed by atoms with van der Waals surface area (Å²) in [7, 11) is -3.73. The van der Waals surface area contributed by atoms with E-state index < -0.39 is 10.0 Å². The van der Waals surface area contributed by atoms with E-state index in [1.54, 1.807) is 25.5 Å². The summed E-state index contributed by atoms with van der Waals surface area (Å²) in [6.45, 7) is 5.98. The number of hydrogen-bond acceptors (Lipinski definition) is 7. The van der Waals surface area contributed by atoms with Crippen LogP contribution in [-0.4, -0.2) is 34.9 Å². The smallest absolute Gasteiger partial charge is 0.267 e. The zero-order valence-corrected chi connectivity index (χ0v) is 13.0. The maximum Gasteiger partial charge on any atom is 0.267 e. The number of nitrogens with two attached hydrogens (primary N) is 1. The van der Waals surface area contributed by atoms with Crippen LogP contribution in [0.2, 0.25) is 0 Å². The Bertz CT molecular complexity index is 718. The summed E-state index contributed by atoms with van der Waals surface area (Å²) in [6.07, 6.45) is 0. The molecule has 0 unspecified atom stereocenters. The summed E-state index contributed by atoms with van der Waals surface area (Å²) in [5, 5.41) is 12.7. The second-order valence-electron chi connectivity index (χ2n) is 4.24. The van der Waals surface area contributed by atoms with E-state index in [1.165, 1.54) is 11.3 Å². The minimum absolute atomic E-state index is 0.166. The van der Waals surface area contributed by atoms with Crippen molar-refractivity contribution in [1.29, 1.82) is 0 Å². The van der Waals surface area contributed by atoms with Gasteiger partial charge < -0.3 is 5.73 Å². The Hall–Kier alpha value is -1.52. The second kappa shape index (κ2) is 5.46. The fourth-order valence-electron chi connectivity index (χ4n) is 1.91. The normalized spacial score (nSPS) is 11.8. The standard InChI is InChI=1S/C10H16N6O2S2/c1-6-9(7(2)16(14-6)5-4-11)20(17,18)15-10-13-12-8(3)19-10/h4-5,11H2,1-3H3,(H,13,15). The molecule has 2 rings (SSSR count). The maximum absolute atomic E-state index is 12.4. The molecule has 0 aliphatic heterocycles. The van der Waals surface area contributed by atoms with Crippen molar-refractivity contribution in [1.82, 2.24) is 20.0 Å². The van der Waals surface area contributed by atoms with Crippen molar-refractivity contribution in [3.63, 3.8) is 0 Å².